The molecule has 0 saturated heterocycles. The molecule has 0 bridgehead atoms. The molecule has 0 aliphatic heterocycles. The molecule has 0 unspecified atom stereocenters. The monoisotopic (exact) mass is 271 g/mol. The van der Waals surface area contributed by atoms with Gasteiger partial charge in [0.2, 0.25) is 0 Å². The topological polar surface area (TPSA) is 12.0 Å². The van der Waals surface area contributed by atoms with E-state index in [4.69, 9.17) is 11.6 Å². The van der Waals surface area contributed by atoms with Crippen LogP contribution in [0.2, 0.25) is 5.02 Å². The highest BCUT2D eigenvalue weighted by molar-refractivity contribution is 6.30. The summed E-state index contributed by atoms with van der Waals surface area (Å²) in [6.07, 6.45) is 3.72. The van der Waals surface area contributed by atoms with Crippen molar-refractivity contribution in [3.05, 3.63) is 70.2 Å². The summed E-state index contributed by atoms with van der Waals surface area (Å²) < 4.78 is 0. The van der Waals surface area contributed by atoms with E-state index >= 15 is 0 Å². The van der Waals surface area contributed by atoms with Gasteiger partial charge >= 0.3 is 0 Å². The molecule has 0 fully saturated rings. The van der Waals surface area contributed by atoms with Crippen LogP contribution in [0.3, 0.4) is 0 Å². The first-order chi connectivity index (χ1) is 9.33. The lowest BCUT2D eigenvalue weighted by molar-refractivity contribution is 0.459. The summed E-state index contributed by atoms with van der Waals surface area (Å²) in [7, 11) is 0. The van der Waals surface area contributed by atoms with Gasteiger partial charge < -0.3 is 5.32 Å². The van der Waals surface area contributed by atoms with Gasteiger partial charge in [0, 0.05) is 17.6 Å². The summed E-state index contributed by atoms with van der Waals surface area (Å²) >= 11 is 5.91. The van der Waals surface area contributed by atoms with Crippen molar-refractivity contribution in [2.24, 2.45) is 0 Å². The van der Waals surface area contributed by atoms with Crippen molar-refractivity contribution in [1.29, 1.82) is 0 Å². The Labute approximate surface area is 119 Å². The minimum absolute atomic E-state index is 0.487. The van der Waals surface area contributed by atoms with E-state index in [0.717, 1.165) is 11.6 Å². The standard InChI is InChI=1S/C17H18ClN/c18-15-10-8-13(9-11-15)12-19-17-7-3-5-14-4-1-2-6-16(14)17/h1-2,4,6,8-11,17,19H,3,5,7,12H2/t17-/m0/s1. The molecule has 1 aliphatic carbocycles. The fraction of sp³-hybridized carbons (Fsp3) is 0.294. The Kier molecular flexibility index (Phi) is 3.86. The first-order valence-electron chi connectivity index (χ1n) is 6.88. The summed E-state index contributed by atoms with van der Waals surface area (Å²) in [6, 6.07) is 17.4. The Balaban J connectivity index is 1.69. The maximum Gasteiger partial charge on any atom is 0.0406 e. The number of benzene rings is 2. The summed E-state index contributed by atoms with van der Waals surface area (Å²) in [5.41, 5.74) is 4.26. The van der Waals surface area contributed by atoms with Crippen LogP contribution in [-0.2, 0) is 13.0 Å². The van der Waals surface area contributed by atoms with Crippen LogP contribution in [0, 0.1) is 0 Å². The van der Waals surface area contributed by atoms with E-state index in [9.17, 15) is 0 Å². The van der Waals surface area contributed by atoms with Crippen LogP contribution in [-0.4, -0.2) is 0 Å². The van der Waals surface area contributed by atoms with Crippen LogP contribution in [0.25, 0.3) is 0 Å². The maximum atomic E-state index is 5.91. The summed E-state index contributed by atoms with van der Waals surface area (Å²) in [6.45, 7) is 0.899. The van der Waals surface area contributed by atoms with E-state index in [1.165, 1.54) is 36.0 Å². The third-order valence-corrected chi connectivity index (χ3v) is 4.09. The molecule has 98 valence electrons. The van der Waals surface area contributed by atoms with Crippen molar-refractivity contribution < 1.29 is 0 Å². The molecule has 1 aliphatic rings. The summed E-state index contributed by atoms with van der Waals surface area (Å²) in [4.78, 5) is 0. The quantitative estimate of drug-likeness (QED) is 0.866. The molecule has 1 N–H and O–H groups in total. The zero-order valence-electron chi connectivity index (χ0n) is 10.9. The molecule has 2 heteroatoms. The van der Waals surface area contributed by atoms with Crippen molar-refractivity contribution in [3.63, 3.8) is 0 Å². The fourth-order valence-electron chi connectivity index (χ4n) is 2.81. The van der Waals surface area contributed by atoms with Gasteiger partial charge in [0.15, 0.2) is 0 Å². The first-order valence-corrected chi connectivity index (χ1v) is 7.26. The Morgan fingerprint density at radius 1 is 1.05 bits per heavy atom. The largest absolute Gasteiger partial charge is 0.306 e. The predicted octanol–water partition coefficient (Wildman–Crippen LogP) is 4.51. The lowest BCUT2D eigenvalue weighted by atomic mass is 9.87. The van der Waals surface area contributed by atoms with Crippen LogP contribution in [0.4, 0.5) is 0 Å². The molecule has 1 atom stereocenters. The predicted molar refractivity (Wildman–Crippen MR) is 80.4 cm³/mol. The zero-order chi connectivity index (χ0) is 13.1. The SMILES string of the molecule is Clc1ccc(CN[C@H]2CCCc3ccccc32)cc1. The number of aryl methyl sites for hydroxylation is 1. The van der Waals surface area contributed by atoms with Gasteiger partial charge in [-0.1, -0.05) is 48.0 Å². The highest BCUT2D eigenvalue weighted by Crippen LogP contribution is 2.29. The highest BCUT2D eigenvalue weighted by Gasteiger charge is 2.18. The van der Waals surface area contributed by atoms with Crippen molar-refractivity contribution >= 4 is 11.6 Å². The zero-order valence-corrected chi connectivity index (χ0v) is 11.7. The van der Waals surface area contributed by atoms with Crippen molar-refractivity contribution in [1.82, 2.24) is 5.32 Å². The molecular formula is C17H18ClN. The normalized spacial score (nSPS) is 18.1. The molecule has 2 aromatic rings. The molecule has 0 aromatic heterocycles. The van der Waals surface area contributed by atoms with E-state index in [2.05, 4.69) is 41.7 Å². The average Bonchev–Trinajstić information content (AvgIpc) is 2.47. The second-order valence-corrected chi connectivity index (χ2v) is 5.59. The van der Waals surface area contributed by atoms with E-state index in [1.807, 2.05) is 12.1 Å². The maximum absolute atomic E-state index is 5.91. The Bertz CT molecular complexity index is 547. The molecule has 19 heavy (non-hydrogen) atoms. The Morgan fingerprint density at radius 2 is 1.84 bits per heavy atom. The number of halogens is 1. The van der Waals surface area contributed by atoms with Gasteiger partial charge in [-0.15, -0.1) is 0 Å². The number of fused-ring (bicyclic) bond motifs is 1. The van der Waals surface area contributed by atoms with Crippen LogP contribution in [0.15, 0.2) is 48.5 Å². The number of hydrogen-bond acceptors (Lipinski definition) is 1. The van der Waals surface area contributed by atoms with Gasteiger partial charge in [-0.05, 0) is 48.1 Å². The second-order valence-electron chi connectivity index (χ2n) is 5.15. The molecule has 1 nitrogen and oxygen atoms in total. The number of rotatable bonds is 3. The van der Waals surface area contributed by atoms with Crippen LogP contribution < -0.4 is 5.32 Å². The van der Waals surface area contributed by atoms with Crippen LogP contribution >= 0.6 is 11.6 Å². The van der Waals surface area contributed by atoms with E-state index in [-0.39, 0.29) is 0 Å². The molecule has 0 heterocycles. The Morgan fingerprint density at radius 3 is 2.68 bits per heavy atom. The number of hydrogen-bond donors (Lipinski definition) is 1. The molecule has 3 rings (SSSR count). The van der Waals surface area contributed by atoms with E-state index < -0.39 is 0 Å². The highest BCUT2D eigenvalue weighted by atomic mass is 35.5. The summed E-state index contributed by atoms with van der Waals surface area (Å²) in [5, 5.41) is 4.47. The van der Waals surface area contributed by atoms with Gasteiger partial charge in [-0.25, -0.2) is 0 Å². The minimum Gasteiger partial charge on any atom is -0.306 e. The molecular weight excluding hydrogens is 254 g/mol. The van der Waals surface area contributed by atoms with Crippen molar-refractivity contribution in [3.8, 4) is 0 Å². The van der Waals surface area contributed by atoms with Gasteiger partial charge in [0.1, 0.15) is 0 Å². The number of nitrogens with one attached hydrogen (secondary N) is 1. The second kappa shape index (κ2) is 5.77. The minimum atomic E-state index is 0.487. The van der Waals surface area contributed by atoms with Gasteiger partial charge in [0.25, 0.3) is 0 Å². The average molecular weight is 272 g/mol. The molecule has 0 spiro atoms. The van der Waals surface area contributed by atoms with Crippen molar-refractivity contribution in [2.75, 3.05) is 0 Å². The summed E-state index contributed by atoms with van der Waals surface area (Å²) in [5.74, 6) is 0. The van der Waals surface area contributed by atoms with Crippen LogP contribution in [0.1, 0.15) is 35.6 Å². The van der Waals surface area contributed by atoms with E-state index in [0.29, 0.717) is 6.04 Å². The van der Waals surface area contributed by atoms with Gasteiger partial charge in [0.05, 0.1) is 0 Å². The Hall–Kier alpha value is -1.31. The van der Waals surface area contributed by atoms with Gasteiger partial charge in [-0.2, -0.15) is 0 Å². The smallest absolute Gasteiger partial charge is 0.0406 e. The lowest BCUT2D eigenvalue weighted by Crippen LogP contribution is -2.24. The third kappa shape index (κ3) is 2.99. The molecule has 0 radical (unpaired) electrons. The third-order valence-electron chi connectivity index (χ3n) is 3.84. The van der Waals surface area contributed by atoms with Gasteiger partial charge in [-0.3, -0.25) is 0 Å². The first kappa shape index (κ1) is 12.7. The fourth-order valence-corrected chi connectivity index (χ4v) is 2.94. The van der Waals surface area contributed by atoms with Crippen LogP contribution in [0.5, 0.6) is 0 Å². The lowest BCUT2D eigenvalue weighted by Gasteiger charge is -2.26. The molecule has 0 saturated carbocycles. The molecule has 2 aromatic carbocycles. The van der Waals surface area contributed by atoms with Crippen molar-refractivity contribution in [2.45, 2.75) is 31.8 Å². The molecule has 0 amide bonds. The van der Waals surface area contributed by atoms with E-state index in [1.54, 1.807) is 0 Å².